The van der Waals surface area contributed by atoms with Gasteiger partial charge in [0.25, 0.3) is 0 Å². The Morgan fingerprint density at radius 3 is 2.57 bits per heavy atom. The molecule has 7 heteroatoms. The van der Waals surface area contributed by atoms with Crippen LogP contribution in [0.15, 0.2) is 18.2 Å². The van der Waals surface area contributed by atoms with E-state index in [-0.39, 0.29) is 24.6 Å². The lowest BCUT2D eigenvalue weighted by Gasteiger charge is -2.23. The summed E-state index contributed by atoms with van der Waals surface area (Å²) in [7, 11) is 3.27. The molecule has 1 heterocycles. The van der Waals surface area contributed by atoms with Gasteiger partial charge >= 0.3 is 6.03 Å². The molecule has 0 saturated carbocycles. The Balaban J connectivity index is 1.95. The Hall–Kier alpha value is -2.44. The molecule has 0 unspecified atom stereocenters. The molecular weight excluding hydrogens is 298 g/mol. The van der Waals surface area contributed by atoms with Gasteiger partial charge in [-0.2, -0.15) is 0 Å². The SMILES string of the molecule is CC(C)[C@H](NC(=O)N(C)C)C(=O)NCc1ccc2c(c1)OCO2. The Labute approximate surface area is 135 Å². The van der Waals surface area contributed by atoms with Gasteiger partial charge in [0.05, 0.1) is 0 Å². The summed E-state index contributed by atoms with van der Waals surface area (Å²) in [4.78, 5) is 25.5. The van der Waals surface area contributed by atoms with E-state index in [4.69, 9.17) is 9.47 Å². The number of carbonyl (C=O) groups excluding carboxylic acids is 2. The van der Waals surface area contributed by atoms with Crippen molar-refractivity contribution in [3.63, 3.8) is 0 Å². The molecule has 126 valence electrons. The van der Waals surface area contributed by atoms with Gasteiger partial charge in [0.2, 0.25) is 12.7 Å². The average molecular weight is 321 g/mol. The van der Waals surface area contributed by atoms with Gasteiger partial charge in [-0.15, -0.1) is 0 Å². The largest absolute Gasteiger partial charge is 0.454 e. The number of hydrogen-bond acceptors (Lipinski definition) is 4. The second kappa shape index (κ2) is 7.21. The van der Waals surface area contributed by atoms with Crippen LogP contribution in [0.2, 0.25) is 0 Å². The van der Waals surface area contributed by atoms with Gasteiger partial charge in [-0.25, -0.2) is 4.79 Å². The molecule has 0 bridgehead atoms. The van der Waals surface area contributed by atoms with Crippen molar-refractivity contribution < 1.29 is 19.1 Å². The van der Waals surface area contributed by atoms with Crippen molar-refractivity contribution in [1.82, 2.24) is 15.5 Å². The number of nitrogens with zero attached hydrogens (tertiary/aromatic N) is 1. The fraction of sp³-hybridized carbons (Fsp3) is 0.500. The second-order valence-electron chi connectivity index (χ2n) is 5.97. The maximum atomic E-state index is 12.3. The molecule has 1 aliphatic rings. The minimum atomic E-state index is -0.584. The number of urea groups is 1. The number of carbonyl (C=O) groups is 2. The zero-order valence-electron chi connectivity index (χ0n) is 13.9. The Morgan fingerprint density at radius 1 is 1.22 bits per heavy atom. The van der Waals surface area contributed by atoms with Gasteiger partial charge in [0.15, 0.2) is 11.5 Å². The fourth-order valence-corrected chi connectivity index (χ4v) is 2.15. The van der Waals surface area contributed by atoms with E-state index in [2.05, 4.69) is 10.6 Å². The first-order chi connectivity index (χ1) is 10.9. The summed E-state index contributed by atoms with van der Waals surface area (Å²) in [5.41, 5.74) is 0.907. The lowest BCUT2D eigenvalue weighted by molar-refractivity contribution is -0.124. The number of fused-ring (bicyclic) bond motifs is 1. The van der Waals surface area contributed by atoms with E-state index in [0.717, 1.165) is 5.56 Å². The van der Waals surface area contributed by atoms with E-state index < -0.39 is 6.04 Å². The second-order valence-corrected chi connectivity index (χ2v) is 5.97. The highest BCUT2D eigenvalue weighted by atomic mass is 16.7. The summed E-state index contributed by atoms with van der Waals surface area (Å²) in [6.45, 7) is 4.36. The Morgan fingerprint density at radius 2 is 1.91 bits per heavy atom. The number of hydrogen-bond donors (Lipinski definition) is 2. The number of nitrogens with one attached hydrogen (secondary N) is 2. The van der Waals surface area contributed by atoms with Gasteiger partial charge in [-0.1, -0.05) is 19.9 Å². The van der Waals surface area contributed by atoms with Crippen molar-refractivity contribution in [2.45, 2.75) is 26.4 Å². The van der Waals surface area contributed by atoms with E-state index in [1.165, 1.54) is 4.90 Å². The molecule has 2 rings (SSSR count). The average Bonchev–Trinajstić information content (AvgIpc) is 2.97. The van der Waals surface area contributed by atoms with E-state index in [9.17, 15) is 9.59 Å². The Bertz CT molecular complexity index is 587. The van der Waals surface area contributed by atoms with Gasteiger partial charge in [-0.05, 0) is 23.6 Å². The van der Waals surface area contributed by atoms with Crippen LogP contribution in [-0.4, -0.2) is 43.8 Å². The van der Waals surface area contributed by atoms with Crippen LogP contribution in [0.3, 0.4) is 0 Å². The Kier molecular flexibility index (Phi) is 5.31. The van der Waals surface area contributed by atoms with Crippen molar-refractivity contribution in [3.05, 3.63) is 23.8 Å². The van der Waals surface area contributed by atoms with Crippen LogP contribution in [0.4, 0.5) is 4.79 Å². The quantitative estimate of drug-likeness (QED) is 0.857. The summed E-state index contributed by atoms with van der Waals surface area (Å²) in [5, 5.41) is 5.57. The van der Waals surface area contributed by atoms with Gasteiger partial charge in [-0.3, -0.25) is 4.79 Å². The molecule has 23 heavy (non-hydrogen) atoms. The van der Waals surface area contributed by atoms with Gasteiger partial charge in [0.1, 0.15) is 6.04 Å². The standard InChI is InChI=1S/C16H23N3O4/c1-10(2)14(18-16(21)19(3)4)15(20)17-8-11-5-6-12-13(7-11)23-9-22-12/h5-7,10,14H,8-9H2,1-4H3,(H,17,20)(H,18,21)/t14-/m0/s1. The third-order valence-corrected chi connectivity index (χ3v) is 3.54. The predicted molar refractivity (Wildman–Crippen MR) is 85.3 cm³/mol. The molecule has 0 saturated heterocycles. The molecule has 0 fully saturated rings. The molecule has 0 aromatic heterocycles. The number of amides is 3. The number of ether oxygens (including phenoxy) is 2. The lowest BCUT2D eigenvalue weighted by atomic mass is 10.0. The molecule has 1 atom stereocenters. The maximum Gasteiger partial charge on any atom is 0.317 e. The fourth-order valence-electron chi connectivity index (χ4n) is 2.15. The maximum absolute atomic E-state index is 12.3. The monoisotopic (exact) mass is 321 g/mol. The zero-order chi connectivity index (χ0) is 17.0. The minimum absolute atomic E-state index is 0.0179. The molecule has 0 spiro atoms. The highest BCUT2D eigenvalue weighted by Gasteiger charge is 2.24. The van der Waals surface area contributed by atoms with Crippen molar-refractivity contribution in [2.24, 2.45) is 5.92 Å². The van der Waals surface area contributed by atoms with Crippen molar-refractivity contribution in [2.75, 3.05) is 20.9 Å². The van der Waals surface area contributed by atoms with Crippen molar-refractivity contribution in [1.29, 1.82) is 0 Å². The summed E-state index contributed by atoms with van der Waals surface area (Å²) < 4.78 is 10.6. The van der Waals surface area contributed by atoms with Crippen LogP contribution in [0.25, 0.3) is 0 Å². The molecule has 2 N–H and O–H groups in total. The lowest BCUT2D eigenvalue weighted by Crippen LogP contribution is -2.52. The predicted octanol–water partition coefficient (Wildman–Crippen LogP) is 1.33. The number of benzene rings is 1. The highest BCUT2D eigenvalue weighted by molar-refractivity contribution is 5.87. The van der Waals surface area contributed by atoms with E-state index in [1.807, 2.05) is 32.0 Å². The molecule has 0 radical (unpaired) electrons. The van der Waals surface area contributed by atoms with Gasteiger partial charge < -0.3 is 25.0 Å². The van der Waals surface area contributed by atoms with Crippen LogP contribution in [0.5, 0.6) is 11.5 Å². The summed E-state index contributed by atoms with van der Waals surface area (Å²) in [5.74, 6) is 1.15. The first-order valence-electron chi connectivity index (χ1n) is 7.52. The first kappa shape index (κ1) is 16.9. The summed E-state index contributed by atoms with van der Waals surface area (Å²) >= 11 is 0. The smallest absolute Gasteiger partial charge is 0.317 e. The highest BCUT2D eigenvalue weighted by Crippen LogP contribution is 2.32. The summed E-state index contributed by atoms with van der Waals surface area (Å²) in [6, 6.07) is 4.65. The zero-order valence-corrected chi connectivity index (χ0v) is 13.9. The molecule has 7 nitrogen and oxygen atoms in total. The van der Waals surface area contributed by atoms with Crippen LogP contribution in [0, 0.1) is 5.92 Å². The topological polar surface area (TPSA) is 79.9 Å². The molecule has 0 aliphatic carbocycles. The molecule has 3 amide bonds. The van der Waals surface area contributed by atoms with E-state index in [0.29, 0.717) is 18.0 Å². The number of rotatable bonds is 5. The first-order valence-corrected chi connectivity index (χ1v) is 7.52. The third-order valence-electron chi connectivity index (χ3n) is 3.54. The molecule has 1 aromatic carbocycles. The molecule has 1 aromatic rings. The molecule has 1 aliphatic heterocycles. The minimum Gasteiger partial charge on any atom is -0.454 e. The van der Waals surface area contributed by atoms with Crippen molar-refractivity contribution >= 4 is 11.9 Å². The molecular formula is C16H23N3O4. The van der Waals surface area contributed by atoms with E-state index >= 15 is 0 Å². The van der Waals surface area contributed by atoms with Crippen LogP contribution in [-0.2, 0) is 11.3 Å². The van der Waals surface area contributed by atoms with Crippen LogP contribution >= 0.6 is 0 Å². The third kappa shape index (κ3) is 4.28. The van der Waals surface area contributed by atoms with E-state index in [1.54, 1.807) is 14.1 Å². The van der Waals surface area contributed by atoms with Gasteiger partial charge in [0, 0.05) is 20.6 Å². The van der Waals surface area contributed by atoms with Crippen LogP contribution in [0.1, 0.15) is 19.4 Å². The van der Waals surface area contributed by atoms with Crippen LogP contribution < -0.4 is 20.1 Å². The normalized spacial score (nSPS) is 13.6. The summed E-state index contributed by atoms with van der Waals surface area (Å²) in [6.07, 6.45) is 0. The van der Waals surface area contributed by atoms with Crippen molar-refractivity contribution in [3.8, 4) is 11.5 Å².